The summed E-state index contributed by atoms with van der Waals surface area (Å²) in [5.74, 6) is 1.19. The van der Waals surface area contributed by atoms with Gasteiger partial charge in [-0.15, -0.1) is 0 Å². The van der Waals surface area contributed by atoms with Gasteiger partial charge < -0.3 is 19.8 Å². The Morgan fingerprint density at radius 2 is 2.23 bits per heavy atom. The number of H-pyrrole nitrogens is 1. The Hall–Kier alpha value is -2.17. The molecule has 118 valence electrons. The number of ether oxygens (including phenoxy) is 2. The molecule has 0 aliphatic heterocycles. The van der Waals surface area contributed by atoms with Crippen molar-refractivity contribution in [3.05, 3.63) is 29.5 Å². The lowest BCUT2D eigenvalue weighted by Gasteiger charge is -2.13. The van der Waals surface area contributed by atoms with Crippen LogP contribution in [0.3, 0.4) is 0 Å². The lowest BCUT2D eigenvalue weighted by Crippen LogP contribution is -2.36. The molecular formula is C17H22N2O3. The number of benzene rings is 1. The van der Waals surface area contributed by atoms with Crippen LogP contribution in [0.5, 0.6) is 5.75 Å². The van der Waals surface area contributed by atoms with Gasteiger partial charge in [-0.3, -0.25) is 0 Å². The van der Waals surface area contributed by atoms with Gasteiger partial charge in [-0.2, -0.15) is 0 Å². The van der Waals surface area contributed by atoms with Crippen LogP contribution in [-0.2, 0) is 17.6 Å². The molecular weight excluding hydrogens is 280 g/mol. The van der Waals surface area contributed by atoms with Gasteiger partial charge in [0, 0.05) is 29.1 Å². The number of methoxy groups -OCH3 is 1. The van der Waals surface area contributed by atoms with Gasteiger partial charge >= 0.3 is 6.09 Å². The van der Waals surface area contributed by atoms with E-state index >= 15 is 0 Å². The summed E-state index contributed by atoms with van der Waals surface area (Å²) in [6.45, 7) is 4.49. The van der Waals surface area contributed by atoms with Crippen LogP contribution in [0, 0.1) is 5.92 Å². The number of hydrogen-bond donors (Lipinski definition) is 2. The standard InChI is InChI=1S/C17H22N2O3/c1-10(2)9-22-17(20)18-11-6-13-14-8-12(21-3)4-5-15(14)19-16(13)7-11/h4-5,8,10-11,19H,6-7,9H2,1-3H3,(H,18,20). The maximum Gasteiger partial charge on any atom is 0.407 e. The highest BCUT2D eigenvalue weighted by Crippen LogP contribution is 2.32. The van der Waals surface area contributed by atoms with E-state index in [-0.39, 0.29) is 12.1 Å². The van der Waals surface area contributed by atoms with E-state index in [0.717, 1.165) is 24.1 Å². The first kappa shape index (κ1) is 14.8. The molecule has 0 spiro atoms. The Kier molecular flexibility index (Phi) is 3.96. The number of aromatic nitrogens is 1. The molecule has 5 nitrogen and oxygen atoms in total. The smallest absolute Gasteiger partial charge is 0.407 e. The lowest BCUT2D eigenvalue weighted by molar-refractivity contribution is 0.129. The molecule has 1 aromatic carbocycles. The van der Waals surface area contributed by atoms with Crippen LogP contribution in [0.25, 0.3) is 10.9 Å². The van der Waals surface area contributed by atoms with Crippen LogP contribution in [-0.4, -0.2) is 30.8 Å². The molecule has 0 radical (unpaired) electrons. The number of alkyl carbamates (subject to hydrolysis) is 1. The third-order valence-electron chi connectivity index (χ3n) is 3.97. The minimum Gasteiger partial charge on any atom is -0.497 e. The maximum absolute atomic E-state index is 11.8. The summed E-state index contributed by atoms with van der Waals surface area (Å²) < 4.78 is 10.5. The van der Waals surface area contributed by atoms with Crippen molar-refractivity contribution in [2.45, 2.75) is 32.7 Å². The molecule has 2 aromatic rings. The molecule has 0 saturated carbocycles. The molecule has 1 aliphatic rings. The highest BCUT2D eigenvalue weighted by molar-refractivity contribution is 5.87. The number of fused-ring (bicyclic) bond motifs is 3. The zero-order valence-corrected chi connectivity index (χ0v) is 13.2. The number of carbonyl (C=O) groups excluding carboxylic acids is 1. The second-order valence-electron chi connectivity index (χ2n) is 6.24. The summed E-state index contributed by atoms with van der Waals surface area (Å²) in [6, 6.07) is 6.12. The third kappa shape index (κ3) is 2.89. The number of rotatable bonds is 4. The first-order valence-electron chi connectivity index (χ1n) is 7.67. The van der Waals surface area contributed by atoms with E-state index in [1.165, 1.54) is 16.6 Å². The zero-order valence-electron chi connectivity index (χ0n) is 13.2. The summed E-state index contributed by atoms with van der Waals surface area (Å²) in [7, 11) is 1.67. The van der Waals surface area contributed by atoms with E-state index in [1.807, 2.05) is 32.0 Å². The van der Waals surface area contributed by atoms with E-state index in [0.29, 0.717) is 12.5 Å². The van der Waals surface area contributed by atoms with E-state index in [9.17, 15) is 4.79 Å². The summed E-state index contributed by atoms with van der Waals surface area (Å²) in [4.78, 5) is 15.2. The van der Waals surface area contributed by atoms with Gasteiger partial charge in [-0.05, 0) is 36.1 Å². The molecule has 3 rings (SSSR count). The number of nitrogens with one attached hydrogen (secondary N) is 2. The van der Waals surface area contributed by atoms with Gasteiger partial charge in [0.15, 0.2) is 0 Å². The molecule has 0 saturated heterocycles. The largest absolute Gasteiger partial charge is 0.497 e. The molecule has 2 N–H and O–H groups in total. The quantitative estimate of drug-likeness (QED) is 0.912. The average Bonchev–Trinajstić information content (AvgIpc) is 3.01. The number of aromatic amines is 1. The Labute approximate surface area is 130 Å². The van der Waals surface area contributed by atoms with Gasteiger partial charge in [0.25, 0.3) is 0 Å². The highest BCUT2D eigenvalue weighted by atomic mass is 16.5. The molecule has 1 atom stereocenters. The molecule has 22 heavy (non-hydrogen) atoms. The van der Waals surface area contributed by atoms with Gasteiger partial charge in [0.05, 0.1) is 13.7 Å². The van der Waals surface area contributed by atoms with Crippen molar-refractivity contribution < 1.29 is 14.3 Å². The number of carbonyl (C=O) groups is 1. The fourth-order valence-electron chi connectivity index (χ4n) is 2.93. The van der Waals surface area contributed by atoms with Gasteiger partial charge in [-0.25, -0.2) is 4.79 Å². The third-order valence-corrected chi connectivity index (χ3v) is 3.97. The van der Waals surface area contributed by atoms with Crippen molar-refractivity contribution in [3.63, 3.8) is 0 Å². The van der Waals surface area contributed by atoms with Crippen LogP contribution < -0.4 is 10.1 Å². The van der Waals surface area contributed by atoms with Gasteiger partial charge in [0.1, 0.15) is 5.75 Å². The molecule has 1 aromatic heterocycles. The van der Waals surface area contributed by atoms with Gasteiger partial charge in [0.2, 0.25) is 0 Å². The monoisotopic (exact) mass is 302 g/mol. The summed E-state index contributed by atoms with van der Waals surface area (Å²) in [5.41, 5.74) is 3.58. The fourth-order valence-corrected chi connectivity index (χ4v) is 2.93. The fraction of sp³-hybridized carbons (Fsp3) is 0.471. The Morgan fingerprint density at radius 1 is 1.41 bits per heavy atom. The van der Waals surface area contributed by atoms with Gasteiger partial charge in [-0.1, -0.05) is 13.8 Å². The van der Waals surface area contributed by atoms with Crippen LogP contribution >= 0.6 is 0 Å². The average molecular weight is 302 g/mol. The van der Waals surface area contributed by atoms with Crippen LogP contribution in [0.4, 0.5) is 4.79 Å². The Morgan fingerprint density at radius 3 is 2.95 bits per heavy atom. The molecule has 1 aliphatic carbocycles. The molecule has 5 heteroatoms. The normalized spacial score (nSPS) is 16.8. The predicted octanol–water partition coefficient (Wildman–Crippen LogP) is 3.03. The summed E-state index contributed by atoms with van der Waals surface area (Å²) in [6.07, 6.45) is 1.30. The van der Waals surface area contributed by atoms with Crippen molar-refractivity contribution >= 4 is 17.0 Å². The van der Waals surface area contributed by atoms with E-state index in [1.54, 1.807) is 7.11 Å². The van der Waals surface area contributed by atoms with Crippen molar-refractivity contribution in [1.82, 2.24) is 10.3 Å². The maximum atomic E-state index is 11.8. The molecule has 1 heterocycles. The first-order valence-corrected chi connectivity index (χ1v) is 7.67. The molecule has 1 amide bonds. The van der Waals surface area contributed by atoms with E-state index in [2.05, 4.69) is 10.3 Å². The molecule has 0 bridgehead atoms. The molecule has 0 fully saturated rings. The number of amides is 1. The summed E-state index contributed by atoms with van der Waals surface area (Å²) >= 11 is 0. The van der Waals surface area contributed by atoms with Crippen molar-refractivity contribution in [3.8, 4) is 5.75 Å². The van der Waals surface area contributed by atoms with Crippen LogP contribution in [0.15, 0.2) is 18.2 Å². The van der Waals surface area contributed by atoms with Crippen molar-refractivity contribution in [1.29, 1.82) is 0 Å². The summed E-state index contributed by atoms with van der Waals surface area (Å²) in [5, 5.41) is 4.12. The predicted molar refractivity (Wildman–Crippen MR) is 85.4 cm³/mol. The van der Waals surface area contributed by atoms with Crippen molar-refractivity contribution in [2.75, 3.05) is 13.7 Å². The minimum absolute atomic E-state index is 0.0940. The highest BCUT2D eigenvalue weighted by Gasteiger charge is 2.27. The van der Waals surface area contributed by atoms with Crippen LogP contribution in [0.2, 0.25) is 0 Å². The number of hydrogen-bond acceptors (Lipinski definition) is 3. The SMILES string of the molecule is COc1ccc2[nH]c3c(c2c1)CC(NC(=O)OCC(C)C)C3. The minimum atomic E-state index is -0.328. The lowest BCUT2D eigenvalue weighted by atomic mass is 10.1. The second kappa shape index (κ2) is 5.91. The zero-order chi connectivity index (χ0) is 15.7. The molecule has 1 unspecified atom stereocenters. The Bertz CT molecular complexity index is 691. The van der Waals surface area contributed by atoms with Crippen molar-refractivity contribution in [2.24, 2.45) is 5.92 Å². The van der Waals surface area contributed by atoms with E-state index in [4.69, 9.17) is 9.47 Å². The van der Waals surface area contributed by atoms with Crippen LogP contribution in [0.1, 0.15) is 25.1 Å². The first-order chi connectivity index (χ1) is 10.6. The Balaban J connectivity index is 1.69. The second-order valence-corrected chi connectivity index (χ2v) is 6.24. The van der Waals surface area contributed by atoms with E-state index < -0.39 is 0 Å². The topological polar surface area (TPSA) is 63.3 Å².